The molecule has 2 aromatic rings. The smallest absolute Gasteiger partial charge is 0.169 e. The Hall–Kier alpha value is -1.33. The predicted octanol–water partition coefficient (Wildman–Crippen LogP) is 4.82. The van der Waals surface area contributed by atoms with Crippen molar-refractivity contribution < 1.29 is 9.47 Å². The van der Waals surface area contributed by atoms with Gasteiger partial charge in [0.1, 0.15) is 0 Å². The van der Waals surface area contributed by atoms with Gasteiger partial charge < -0.3 is 14.5 Å². The molecular weight excluding hydrogens is 290 g/mol. The molecule has 0 atom stereocenters. The number of hydrogen-bond acceptors (Lipinski definition) is 4. The van der Waals surface area contributed by atoms with Crippen LogP contribution < -0.4 is 9.47 Å². The lowest BCUT2D eigenvalue weighted by Crippen LogP contribution is -2.05. The van der Waals surface area contributed by atoms with Gasteiger partial charge in [-0.25, -0.2) is 0 Å². The summed E-state index contributed by atoms with van der Waals surface area (Å²) >= 11 is 6.76. The molecule has 0 fully saturated rings. The molecule has 1 aromatic carbocycles. The fourth-order valence-corrected chi connectivity index (χ4v) is 3.20. The SMILES string of the molecule is COc1c(OCC(C)C)cccc1-c1sc(=S)[nH]c1C. The van der Waals surface area contributed by atoms with Crippen LogP contribution in [0.3, 0.4) is 0 Å². The van der Waals surface area contributed by atoms with Crippen molar-refractivity contribution in [1.29, 1.82) is 0 Å². The molecule has 0 saturated heterocycles. The average Bonchev–Trinajstić information content (AvgIpc) is 2.74. The zero-order valence-electron chi connectivity index (χ0n) is 12.1. The van der Waals surface area contributed by atoms with Gasteiger partial charge in [-0.3, -0.25) is 0 Å². The number of rotatable bonds is 5. The van der Waals surface area contributed by atoms with E-state index < -0.39 is 0 Å². The molecule has 0 spiro atoms. The minimum atomic E-state index is 0.472. The summed E-state index contributed by atoms with van der Waals surface area (Å²) in [6.45, 7) is 6.93. The largest absolute Gasteiger partial charge is 0.492 e. The lowest BCUT2D eigenvalue weighted by Gasteiger charge is -2.15. The second-order valence-electron chi connectivity index (χ2n) is 5.01. The van der Waals surface area contributed by atoms with Gasteiger partial charge in [-0.1, -0.05) is 19.9 Å². The van der Waals surface area contributed by atoms with Gasteiger partial charge >= 0.3 is 0 Å². The number of para-hydroxylation sites is 1. The Morgan fingerprint density at radius 1 is 1.35 bits per heavy atom. The van der Waals surface area contributed by atoms with E-state index >= 15 is 0 Å². The molecule has 20 heavy (non-hydrogen) atoms. The Bertz CT molecular complexity index is 644. The Balaban J connectivity index is 2.46. The van der Waals surface area contributed by atoms with Crippen LogP contribution in [0.15, 0.2) is 18.2 Å². The summed E-state index contributed by atoms with van der Waals surface area (Å²) in [7, 11) is 1.67. The average molecular weight is 309 g/mol. The van der Waals surface area contributed by atoms with Crippen LogP contribution in [-0.2, 0) is 0 Å². The van der Waals surface area contributed by atoms with E-state index in [0.717, 1.165) is 31.6 Å². The van der Waals surface area contributed by atoms with Crippen molar-refractivity contribution in [2.45, 2.75) is 20.8 Å². The van der Waals surface area contributed by atoms with Crippen LogP contribution in [0.25, 0.3) is 10.4 Å². The molecule has 0 saturated carbocycles. The summed E-state index contributed by atoms with van der Waals surface area (Å²) in [6, 6.07) is 5.95. The van der Waals surface area contributed by atoms with E-state index in [4.69, 9.17) is 21.7 Å². The molecule has 0 aliphatic rings. The first kappa shape index (κ1) is 15.1. The van der Waals surface area contributed by atoms with Gasteiger partial charge in [0.2, 0.25) is 0 Å². The van der Waals surface area contributed by atoms with Crippen molar-refractivity contribution >= 4 is 23.6 Å². The summed E-state index contributed by atoms with van der Waals surface area (Å²) in [5.74, 6) is 2.01. The van der Waals surface area contributed by atoms with Gasteiger partial charge in [0, 0.05) is 11.3 Å². The van der Waals surface area contributed by atoms with Crippen LogP contribution in [0.5, 0.6) is 11.5 Å². The topological polar surface area (TPSA) is 34.2 Å². The highest BCUT2D eigenvalue weighted by Crippen LogP contribution is 2.41. The number of aromatic amines is 1. The molecule has 0 amide bonds. The zero-order chi connectivity index (χ0) is 14.7. The fraction of sp³-hybridized carbons (Fsp3) is 0.400. The Morgan fingerprint density at radius 3 is 2.65 bits per heavy atom. The van der Waals surface area contributed by atoms with E-state index in [-0.39, 0.29) is 0 Å². The first-order valence-corrected chi connectivity index (χ1v) is 7.75. The summed E-state index contributed by atoms with van der Waals surface area (Å²) in [5.41, 5.74) is 2.07. The highest BCUT2D eigenvalue weighted by atomic mass is 32.1. The molecule has 0 aliphatic carbocycles. The number of thiazole rings is 1. The Morgan fingerprint density at radius 2 is 2.10 bits per heavy atom. The van der Waals surface area contributed by atoms with Crippen molar-refractivity contribution in [1.82, 2.24) is 4.98 Å². The number of methoxy groups -OCH3 is 1. The molecule has 0 radical (unpaired) electrons. The van der Waals surface area contributed by atoms with E-state index in [0.29, 0.717) is 12.5 Å². The van der Waals surface area contributed by atoms with Gasteiger partial charge in [0.15, 0.2) is 15.5 Å². The molecule has 5 heteroatoms. The Kier molecular flexibility index (Phi) is 4.83. The van der Waals surface area contributed by atoms with Crippen molar-refractivity contribution in [2.75, 3.05) is 13.7 Å². The van der Waals surface area contributed by atoms with Crippen molar-refractivity contribution in [3.63, 3.8) is 0 Å². The number of aryl methyl sites for hydroxylation is 1. The minimum absolute atomic E-state index is 0.472. The molecular formula is C15H19NO2S2. The number of ether oxygens (including phenoxy) is 2. The summed E-state index contributed by atoms with van der Waals surface area (Å²) < 4.78 is 12.2. The number of H-pyrrole nitrogens is 1. The minimum Gasteiger partial charge on any atom is -0.492 e. The molecule has 0 bridgehead atoms. The lowest BCUT2D eigenvalue weighted by atomic mass is 10.1. The third kappa shape index (κ3) is 3.22. The summed E-state index contributed by atoms with van der Waals surface area (Å²) in [6.07, 6.45) is 0. The molecule has 108 valence electrons. The van der Waals surface area contributed by atoms with Gasteiger partial charge in [-0.05, 0) is 37.2 Å². The maximum Gasteiger partial charge on any atom is 0.169 e. The molecule has 0 aliphatic heterocycles. The first-order chi connectivity index (χ1) is 9.52. The quantitative estimate of drug-likeness (QED) is 0.804. The lowest BCUT2D eigenvalue weighted by molar-refractivity contribution is 0.257. The summed E-state index contributed by atoms with van der Waals surface area (Å²) in [5, 5.41) is 0. The van der Waals surface area contributed by atoms with Crippen molar-refractivity contribution in [3.05, 3.63) is 27.8 Å². The van der Waals surface area contributed by atoms with Crippen LogP contribution in [-0.4, -0.2) is 18.7 Å². The van der Waals surface area contributed by atoms with Crippen LogP contribution >= 0.6 is 23.6 Å². The third-order valence-electron chi connectivity index (χ3n) is 2.82. The van der Waals surface area contributed by atoms with Crippen LogP contribution in [0.4, 0.5) is 0 Å². The molecule has 1 N–H and O–H groups in total. The predicted molar refractivity (Wildman–Crippen MR) is 86.6 cm³/mol. The first-order valence-electron chi connectivity index (χ1n) is 6.52. The van der Waals surface area contributed by atoms with Crippen molar-refractivity contribution in [2.24, 2.45) is 5.92 Å². The highest BCUT2D eigenvalue weighted by molar-refractivity contribution is 7.73. The number of aromatic nitrogens is 1. The van der Waals surface area contributed by atoms with E-state index in [1.165, 1.54) is 0 Å². The molecule has 2 rings (SSSR count). The van der Waals surface area contributed by atoms with Gasteiger partial charge in [-0.15, -0.1) is 11.3 Å². The fourth-order valence-electron chi connectivity index (χ4n) is 1.94. The third-order valence-corrected chi connectivity index (χ3v) is 4.19. The van der Waals surface area contributed by atoms with Gasteiger partial charge in [0.25, 0.3) is 0 Å². The maximum absolute atomic E-state index is 5.84. The van der Waals surface area contributed by atoms with E-state index in [1.54, 1.807) is 18.4 Å². The van der Waals surface area contributed by atoms with Gasteiger partial charge in [0.05, 0.1) is 18.6 Å². The number of nitrogens with one attached hydrogen (secondary N) is 1. The van der Waals surface area contributed by atoms with Crippen LogP contribution in [0, 0.1) is 16.8 Å². The van der Waals surface area contributed by atoms with Gasteiger partial charge in [-0.2, -0.15) is 0 Å². The van der Waals surface area contributed by atoms with E-state index in [2.05, 4.69) is 18.8 Å². The second-order valence-corrected chi connectivity index (χ2v) is 6.70. The number of hydrogen-bond donors (Lipinski definition) is 1. The highest BCUT2D eigenvalue weighted by Gasteiger charge is 2.15. The standard InChI is InChI=1S/C15H19NO2S2/c1-9(2)8-18-12-7-5-6-11(13(12)17-4)14-10(3)16-15(19)20-14/h5-7,9H,8H2,1-4H3,(H,16,19). The monoisotopic (exact) mass is 309 g/mol. The Labute approximate surface area is 128 Å². The maximum atomic E-state index is 5.84. The summed E-state index contributed by atoms with van der Waals surface area (Å²) in [4.78, 5) is 4.26. The molecule has 1 aromatic heterocycles. The van der Waals surface area contributed by atoms with Crippen LogP contribution in [0.1, 0.15) is 19.5 Å². The molecule has 1 heterocycles. The van der Waals surface area contributed by atoms with E-state index in [9.17, 15) is 0 Å². The number of benzene rings is 1. The normalized spacial score (nSPS) is 10.8. The second kappa shape index (κ2) is 6.41. The zero-order valence-corrected chi connectivity index (χ0v) is 13.8. The molecule has 0 unspecified atom stereocenters. The van der Waals surface area contributed by atoms with Crippen molar-refractivity contribution in [3.8, 4) is 21.9 Å². The van der Waals surface area contributed by atoms with Crippen LogP contribution in [0.2, 0.25) is 0 Å². The molecule has 3 nitrogen and oxygen atoms in total. The van der Waals surface area contributed by atoms with E-state index in [1.807, 2.05) is 25.1 Å².